The highest BCUT2D eigenvalue weighted by molar-refractivity contribution is 6.05. The Labute approximate surface area is 194 Å². The maximum atomic E-state index is 12.8. The van der Waals surface area contributed by atoms with Gasteiger partial charge in [0, 0.05) is 30.0 Å². The summed E-state index contributed by atoms with van der Waals surface area (Å²) in [5.74, 6) is -0.430. The van der Waals surface area contributed by atoms with Gasteiger partial charge in [-0.1, -0.05) is 24.3 Å². The Morgan fingerprint density at radius 3 is 2.03 bits per heavy atom. The van der Waals surface area contributed by atoms with E-state index in [-0.39, 0.29) is 41.5 Å². The molecule has 6 nitrogen and oxygen atoms in total. The zero-order valence-electron chi connectivity index (χ0n) is 18.7. The molecule has 1 aromatic carbocycles. The Balaban J connectivity index is 1.14. The van der Waals surface area contributed by atoms with Gasteiger partial charge in [-0.3, -0.25) is 24.3 Å². The van der Waals surface area contributed by atoms with Crippen LogP contribution in [0, 0.1) is 17.8 Å². The Morgan fingerprint density at radius 2 is 1.42 bits per heavy atom. The topological polar surface area (TPSA) is 79.4 Å². The van der Waals surface area contributed by atoms with E-state index in [9.17, 15) is 14.4 Å². The molecule has 1 N–H and O–H groups in total. The van der Waals surface area contributed by atoms with Crippen LogP contribution in [-0.4, -0.2) is 33.6 Å². The van der Waals surface area contributed by atoms with Crippen LogP contribution in [0.1, 0.15) is 49.7 Å². The second kappa shape index (κ2) is 9.30. The number of nitrogens with zero attached hydrogens (tertiary/aromatic N) is 2. The summed E-state index contributed by atoms with van der Waals surface area (Å²) in [5, 5.41) is 3.04. The highest BCUT2D eigenvalue weighted by Crippen LogP contribution is 2.39. The molecule has 2 aliphatic carbocycles. The molecule has 3 amide bonds. The van der Waals surface area contributed by atoms with E-state index in [4.69, 9.17) is 0 Å². The first kappa shape index (κ1) is 21.6. The van der Waals surface area contributed by atoms with Crippen molar-refractivity contribution < 1.29 is 14.4 Å². The van der Waals surface area contributed by atoms with Crippen LogP contribution in [-0.2, 0) is 20.8 Å². The number of carbonyl (C=O) groups is 3. The molecule has 1 saturated carbocycles. The molecule has 2 heterocycles. The van der Waals surface area contributed by atoms with Gasteiger partial charge in [0.05, 0.1) is 11.8 Å². The van der Waals surface area contributed by atoms with E-state index in [0.717, 1.165) is 12.1 Å². The number of allylic oxidation sites excluding steroid dienone is 2. The first-order valence-corrected chi connectivity index (χ1v) is 11.9. The number of likely N-dealkylation sites (tertiary alicyclic amines) is 1. The van der Waals surface area contributed by atoms with Gasteiger partial charge in [0.1, 0.15) is 0 Å². The quantitative estimate of drug-likeness (QED) is 0.557. The van der Waals surface area contributed by atoms with E-state index in [1.54, 1.807) is 12.4 Å². The largest absolute Gasteiger partial charge is 0.326 e. The molecule has 33 heavy (non-hydrogen) atoms. The van der Waals surface area contributed by atoms with E-state index in [2.05, 4.69) is 10.3 Å². The molecule has 2 fully saturated rings. The lowest BCUT2D eigenvalue weighted by atomic mass is 9.84. The van der Waals surface area contributed by atoms with Crippen molar-refractivity contribution in [1.82, 2.24) is 9.88 Å². The molecule has 0 unspecified atom stereocenters. The molecular formula is C27H29N3O3. The molecule has 1 saturated heterocycles. The van der Waals surface area contributed by atoms with E-state index >= 15 is 0 Å². The van der Waals surface area contributed by atoms with Gasteiger partial charge in [0.2, 0.25) is 17.7 Å². The lowest BCUT2D eigenvalue weighted by Gasteiger charge is -2.33. The average Bonchev–Trinajstić information content (AvgIpc) is 3.11. The van der Waals surface area contributed by atoms with Crippen LogP contribution in [0.15, 0.2) is 60.9 Å². The Bertz CT molecular complexity index is 1030. The first-order valence-electron chi connectivity index (χ1n) is 11.9. The third-order valence-corrected chi connectivity index (χ3v) is 7.35. The fraction of sp³-hybridized carbons (Fsp3) is 0.407. The molecule has 1 aliphatic heterocycles. The minimum Gasteiger partial charge on any atom is -0.326 e. The van der Waals surface area contributed by atoms with E-state index < -0.39 is 0 Å². The summed E-state index contributed by atoms with van der Waals surface area (Å²) in [4.78, 5) is 44.1. The van der Waals surface area contributed by atoms with E-state index in [1.165, 1.54) is 16.0 Å². The van der Waals surface area contributed by atoms with Crippen LogP contribution >= 0.6 is 0 Å². The molecule has 0 radical (unpaired) electrons. The fourth-order valence-electron chi connectivity index (χ4n) is 5.47. The maximum absolute atomic E-state index is 12.8. The second-order valence-electron chi connectivity index (χ2n) is 9.43. The Morgan fingerprint density at radius 1 is 0.848 bits per heavy atom. The van der Waals surface area contributed by atoms with Crippen molar-refractivity contribution in [2.24, 2.45) is 17.8 Å². The highest BCUT2D eigenvalue weighted by atomic mass is 16.2. The van der Waals surface area contributed by atoms with Crippen molar-refractivity contribution in [3.8, 4) is 0 Å². The Hall–Kier alpha value is -3.28. The number of aromatic nitrogens is 1. The Kier molecular flexibility index (Phi) is 6.07. The summed E-state index contributed by atoms with van der Waals surface area (Å²) in [6, 6.07) is 11.9. The predicted octanol–water partition coefficient (Wildman–Crippen LogP) is 4.12. The molecule has 2 atom stereocenters. The summed E-state index contributed by atoms with van der Waals surface area (Å²) in [5.41, 5.74) is 3.17. The van der Waals surface area contributed by atoms with Crippen molar-refractivity contribution in [1.29, 1.82) is 0 Å². The lowest BCUT2D eigenvalue weighted by molar-refractivity contribution is -0.143. The van der Waals surface area contributed by atoms with Crippen molar-refractivity contribution in [3.05, 3.63) is 72.1 Å². The molecule has 0 spiro atoms. The molecule has 2 aromatic rings. The summed E-state index contributed by atoms with van der Waals surface area (Å²) in [7, 11) is 0. The summed E-state index contributed by atoms with van der Waals surface area (Å²) in [6.07, 6.45) is 12.6. The number of amides is 3. The molecule has 170 valence electrons. The van der Waals surface area contributed by atoms with Gasteiger partial charge < -0.3 is 5.32 Å². The first-order chi connectivity index (χ1) is 16.1. The van der Waals surface area contributed by atoms with Gasteiger partial charge in [-0.15, -0.1) is 0 Å². The second-order valence-corrected chi connectivity index (χ2v) is 9.43. The number of hydrogen-bond donors (Lipinski definition) is 1. The third kappa shape index (κ3) is 4.47. The molecular weight excluding hydrogens is 414 g/mol. The molecule has 3 aliphatic rings. The number of carbonyl (C=O) groups excluding carboxylic acids is 3. The van der Waals surface area contributed by atoms with Gasteiger partial charge in [0.25, 0.3) is 0 Å². The molecule has 0 bridgehead atoms. The normalized spacial score (nSPS) is 26.8. The molecule has 1 aromatic heterocycles. The van der Waals surface area contributed by atoms with E-state index in [1.807, 2.05) is 48.6 Å². The summed E-state index contributed by atoms with van der Waals surface area (Å²) < 4.78 is 0. The lowest BCUT2D eigenvalue weighted by Crippen LogP contribution is -2.43. The molecule has 6 heteroatoms. The summed E-state index contributed by atoms with van der Waals surface area (Å²) >= 11 is 0. The van der Waals surface area contributed by atoms with Crippen molar-refractivity contribution in [3.63, 3.8) is 0 Å². The van der Waals surface area contributed by atoms with Gasteiger partial charge in [-0.2, -0.15) is 0 Å². The van der Waals surface area contributed by atoms with E-state index in [0.29, 0.717) is 38.5 Å². The standard InChI is InChI=1S/C27H29N3O3/c31-25(29-21-9-5-18(6-10-21)17-19-13-15-28-16-14-19)20-7-11-22(12-8-20)30-26(32)23-3-1-2-4-24(23)27(30)33/h1-2,5-6,9-10,13-16,20,22-24H,3-4,7-8,11-12,17H2,(H,29,31)/t20?,22?,23-,24+. The minimum absolute atomic E-state index is 0.00546. The number of hydrogen-bond acceptors (Lipinski definition) is 4. The number of rotatable bonds is 5. The zero-order chi connectivity index (χ0) is 22.8. The van der Waals surface area contributed by atoms with Gasteiger partial charge in [0.15, 0.2) is 0 Å². The van der Waals surface area contributed by atoms with Crippen LogP contribution in [0.2, 0.25) is 0 Å². The fourth-order valence-corrected chi connectivity index (χ4v) is 5.47. The van der Waals surface area contributed by atoms with Gasteiger partial charge in [-0.25, -0.2) is 0 Å². The van der Waals surface area contributed by atoms with Crippen LogP contribution in [0.4, 0.5) is 5.69 Å². The van der Waals surface area contributed by atoms with Crippen molar-refractivity contribution in [2.45, 2.75) is 51.0 Å². The SMILES string of the molecule is O=C(Nc1ccc(Cc2ccncc2)cc1)C1CCC(N2C(=O)[C@H]3CC=CC[C@H]3C2=O)CC1. The number of fused-ring (bicyclic) bond motifs is 1. The maximum Gasteiger partial charge on any atom is 0.233 e. The third-order valence-electron chi connectivity index (χ3n) is 7.35. The van der Waals surface area contributed by atoms with Crippen molar-refractivity contribution >= 4 is 23.4 Å². The monoisotopic (exact) mass is 443 g/mol. The van der Waals surface area contributed by atoms with Gasteiger partial charge in [-0.05, 0) is 80.3 Å². The zero-order valence-corrected chi connectivity index (χ0v) is 18.7. The number of pyridine rings is 1. The average molecular weight is 444 g/mol. The number of benzene rings is 1. The van der Waals surface area contributed by atoms with Gasteiger partial charge >= 0.3 is 0 Å². The summed E-state index contributed by atoms with van der Waals surface area (Å²) in [6.45, 7) is 0. The molecule has 5 rings (SSSR count). The minimum atomic E-state index is -0.176. The van der Waals surface area contributed by atoms with Crippen molar-refractivity contribution in [2.75, 3.05) is 5.32 Å². The number of anilines is 1. The van der Waals surface area contributed by atoms with Crippen LogP contribution < -0.4 is 5.32 Å². The number of imide groups is 1. The van der Waals surface area contributed by atoms with Crippen LogP contribution in [0.25, 0.3) is 0 Å². The highest BCUT2D eigenvalue weighted by Gasteiger charge is 2.50. The smallest absolute Gasteiger partial charge is 0.233 e. The van der Waals surface area contributed by atoms with Crippen LogP contribution in [0.3, 0.4) is 0 Å². The predicted molar refractivity (Wildman–Crippen MR) is 125 cm³/mol. The van der Waals surface area contributed by atoms with Crippen LogP contribution in [0.5, 0.6) is 0 Å². The number of nitrogens with one attached hydrogen (secondary N) is 1.